The van der Waals surface area contributed by atoms with E-state index in [9.17, 15) is 9.90 Å². The van der Waals surface area contributed by atoms with Gasteiger partial charge in [0.05, 0.1) is 24.1 Å². The van der Waals surface area contributed by atoms with E-state index in [1.54, 1.807) is 6.20 Å². The van der Waals surface area contributed by atoms with Crippen LogP contribution in [0.15, 0.2) is 24.7 Å². The van der Waals surface area contributed by atoms with Crippen molar-refractivity contribution >= 4 is 17.4 Å². The topological polar surface area (TPSA) is 101 Å². The molecule has 1 N–H and O–H groups in total. The van der Waals surface area contributed by atoms with E-state index in [1.807, 2.05) is 16.9 Å². The summed E-state index contributed by atoms with van der Waals surface area (Å²) in [5.41, 5.74) is 1.55. The summed E-state index contributed by atoms with van der Waals surface area (Å²) in [5, 5.41) is 21.8. The fourth-order valence-electron chi connectivity index (χ4n) is 3.60. The van der Waals surface area contributed by atoms with Crippen LogP contribution in [0.4, 0.5) is 5.82 Å². The van der Waals surface area contributed by atoms with Crippen LogP contribution < -0.4 is 4.90 Å². The fourth-order valence-corrected chi connectivity index (χ4v) is 3.60. The molecular weight excluding hydrogens is 346 g/mol. The summed E-state index contributed by atoms with van der Waals surface area (Å²) in [4.78, 5) is 18.2. The monoisotopic (exact) mass is 369 g/mol. The van der Waals surface area contributed by atoms with Gasteiger partial charge < -0.3 is 10.0 Å². The third-order valence-corrected chi connectivity index (χ3v) is 5.04. The average Bonchev–Trinajstić information content (AvgIpc) is 3.36. The predicted octanol–water partition coefficient (Wildman–Crippen LogP) is 2.41. The van der Waals surface area contributed by atoms with Crippen molar-refractivity contribution in [3.05, 3.63) is 35.9 Å². The van der Waals surface area contributed by atoms with Gasteiger partial charge in [-0.1, -0.05) is 19.1 Å². The lowest BCUT2D eigenvalue weighted by Crippen LogP contribution is -2.26. The second kappa shape index (κ2) is 6.98. The standard InChI is InChI=1S/C18H23N7O2/c1-12(2)5-8-24-15(11-19-22-24)14-4-3-7-23(14)16-6-9-25-17(21-16)13(10-20-25)18(26)27/h6,9-12,14H,3-5,7-8H2,1-2H3,(H,26,27)/t14-/m1/s1. The van der Waals surface area contributed by atoms with Crippen molar-refractivity contribution in [1.82, 2.24) is 29.6 Å². The van der Waals surface area contributed by atoms with Crippen molar-refractivity contribution in [2.24, 2.45) is 5.92 Å². The molecule has 9 heteroatoms. The van der Waals surface area contributed by atoms with Gasteiger partial charge in [0.15, 0.2) is 5.65 Å². The van der Waals surface area contributed by atoms with Gasteiger partial charge in [-0.25, -0.2) is 19.0 Å². The van der Waals surface area contributed by atoms with E-state index in [-0.39, 0.29) is 11.6 Å². The SMILES string of the molecule is CC(C)CCn1nncc1[C@H]1CCCN1c1ccn2ncc(C(=O)O)c2n1. The quantitative estimate of drug-likeness (QED) is 0.712. The second-order valence-corrected chi connectivity index (χ2v) is 7.33. The molecule has 9 nitrogen and oxygen atoms in total. The highest BCUT2D eigenvalue weighted by molar-refractivity contribution is 5.94. The number of carboxylic acids is 1. The molecule has 0 bridgehead atoms. The molecule has 142 valence electrons. The van der Waals surface area contributed by atoms with Crippen LogP contribution >= 0.6 is 0 Å². The summed E-state index contributed by atoms with van der Waals surface area (Å²) in [6.45, 7) is 6.10. The first kappa shape index (κ1) is 17.4. The van der Waals surface area contributed by atoms with Gasteiger partial charge in [0.1, 0.15) is 11.4 Å². The lowest BCUT2D eigenvalue weighted by molar-refractivity contribution is 0.0698. The van der Waals surface area contributed by atoms with E-state index in [2.05, 4.69) is 39.1 Å². The zero-order valence-electron chi connectivity index (χ0n) is 15.5. The Kier molecular flexibility index (Phi) is 4.51. The third kappa shape index (κ3) is 3.24. The lowest BCUT2D eigenvalue weighted by Gasteiger charge is -2.26. The van der Waals surface area contributed by atoms with Gasteiger partial charge in [-0.05, 0) is 31.2 Å². The van der Waals surface area contributed by atoms with Crippen LogP contribution in [0.2, 0.25) is 0 Å². The van der Waals surface area contributed by atoms with Crippen LogP contribution in [0.25, 0.3) is 5.65 Å². The molecule has 1 aliphatic heterocycles. The number of carbonyl (C=O) groups is 1. The average molecular weight is 369 g/mol. The summed E-state index contributed by atoms with van der Waals surface area (Å²) >= 11 is 0. The van der Waals surface area contributed by atoms with Crippen molar-refractivity contribution in [2.75, 3.05) is 11.4 Å². The van der Waals surface area contributed by atoms with Gasteiger partial charge in [0.25, 0.3) is 0 Å². The molecule has 0 spiro atoms. The van der Waals surface area contributed by atoms with Crippen molar-refractivity contribution in [3.63, 3.8) is 0 Å². The minimum atomic E-state index is -1.02. The van der Waals surface area contributed by atoms with Gasteiger partial charge in [0, 0.05) is 19.3 Å². The van der Waals surface area contributed by atoms with Gasteiger partial charge >= 0.3 is 5.97 Å². The number of hydrogen-bond acceptors (Lipinski definition) is 6. The minimum Gasteiger partial charge on any atom is -0.477 e. The summed E-state index contributed by atoms with van der Waals surface area (Å²) in [6, 6.07) is 2.02. The van der Waals surface area contributed by atoms with Gasteiger partial charge in [-0.2, -0.15) is 5.10 Å². The molecule has 3 aromatic rings. The molecule has 1 aliphatic rings. The maximum atomic E-state index is 11.4. The maximum absolute atomic E-state index is 11.4. The molecular formula is C18H23N7O2. The highest BCUT2D eigenvalue weighted by Gasteiger charge is 2.30. The Labute approximate surface area is 156 Å². The molecule has 1 atom stereocenters. The fraction of sp³-hybridized carbons (Fsp3) is 0.500. The molecule has 0 aromatic carbocycles. The van der Waals surface area contributed by atoms with Gasteiger partial charge in [-0.3, -0.25) is 0 Å². The molecule has 27 heavy (non-hydrogen) atoms. The summed E-state index contributed by atoms with van der Waals surface area (Å²) in [7, 11) is 0. The van der Waals surface area contributed by atoms with Crippen LogP contribution in [-0.2, 0) is 6.54 Å². The number of aromatic carboxylic acids is 1. The predicted molar refractivity (Wildman–Crippen MR) is 98.7 cm³/mol. The molecule has 0 aliphatic carbocycles. The zero-order valence-corrected chi connectivity index (χ0v) is 15.5. The van der Waals surface area contributed by atoms with Crippen molar-refractivity contribution in [1.29, 1.82) is 0 Å². The lowest BCUT2D eigenvalue weighted by atomic mass is 10.1. The first-order valence-corrected chi connectivity index (χ1v) is 9.27. The molecule has 4 rings (SSSR count). The smallest absolute Gasteiger partial charge is 0.341 e. The number of nitrogens with zero attached hydrogens (tertiary/aromatic N) is 7. The summed E-state index contributed by atoms with van der Waals surface area (Å²) < 4.78 is 3.48. The van der Waals surface area contributed by atoms with Crippen LogP contribution in [-0.4, -0.2) is 47.2 Å². The normalized spacial score (nSPS) is 17.3. The Hall–Kier alpha value is -2.97. The molecule has 4 heterocycles. The number of fused-ring (bicyclic) bond motifs is 1. The van der Waals surface area contributed by atoms with Crippen molar-refractivity contribution in [2.45, 2.75) is 45.7 Å². The second-order valence-electron chi connectivity index (χ2n) is 7.33. The Bertz CT molecular complexity index is 962. The first-order chi connectivity index (χ1) is 13.0. The number of aromatic nitrogens is 6. The van der Waals surface area contributed by atoms with E-state index in [1.165, 1.54) is 10.7 Å². The Morgan fingerprint density at radius 3 is 3.00 bits per heavy atom. The molecule has 0 amide bonds. The molecule has 3 aromatic heterocycles. The van der Waals surface area contributed by atoms with E-state index >= 15 is 0 Å². The first-order valence-electron chi connectivity index (χ1n) is 9.27. The highest BCUT2D eigenvalue weighted by Crippen LogP contribution is 2.35. The summed E-state index contributed by atoms with van der Waals surface area (Å²) in [6.07, 6.45) is 8.01. The largest absolute Gasteiger partial charge is 0.477 e. The van der Waals surface area contributed by atoms with E-state index < -0.39 is 5.97 Å². The minimum absolute atomic E-state index is 0.108. The van der Waals surface area contributed by atoms with Crippen LogP contribution in [0.1, 0.15) is 55.2 Å². The molecule has 0 saturated carbocycles. The van der Waals surface area contributed by atoms with Gasteiger partial charge in [-0.15, -0.1) is 5.10 Å². The molecule has 1 saturated heterocycles. The van der Waals surface area contributed by atoms with Crippen molar-refractivity contribution < 1.29 is 9.90 Å². The number of rotatable bonds is 6. The van der Waals surface area contributed by atoms with Gasteiger partial charge in [0.2, 0.25) is 0 Å². The zero-order chi connectivity index (χ0) is 19.0. The molecule has 0 radical (unpaired) electrons. The van der Waals surface area contributed by atoms with E-state index in [0.29, 0.717) is 11.6 Å². The number of carboxylic acid groups (broad SMARTS) is 1. The molecule has 0 unspecified atom stereocenters. The van der Waals surface area contributed by atoms with Crippen molar-refractivity contribution in [3.8, 4) is 0 Å². The van der Waals surface area contributed by atoms with Crippen LogP contribution in [0.5, 0.6) is 0 Å². The number of anilines is 1. The number of hydrogen-bond donors (Lipinski definition) is 1. The molecule has 1 fully saturated rings. The summed E-state index contributed by atoms with van der Waals surface area (Å²) in [5.74, 6) is 0.329. The van der Waals surface area contributed by atoms with Crippen LogP contribution in [0, 0.1) is 5.92 Å². The number of aryl methyl sites for hydroxylation is 1. The Morgan fingerprint density at radius 2 is 2.22 bits per heavy atom. The third-order valence-electron chi connectivity index (χ3n) is 5.04. The van der Waals surface area contributed by atoms with E-state index in [4.69, 9.17) is 0 Å². The Morgan fingerprint density at radius 1 is 1.37 bits per heavy atom. The van der Waals surface area contributed by atoms with E-state index in [0.717, 1.165) is 43.9 Å². The highest BCUT2D eigenvalue weighted by atomic mass is 16.4. The van der Waals surface area contributed by atoms with Crippen LogP contribution in [0.3, 0.4) is 0 Å². The Balaban J connectivity index is 1.66. The maximum Gasteiger partial charge on any atom is 0.341 e.